The molecule has 0 bridgehead atoms. The standard InChI is InChI=1S/C33H24N4/c1-3-12-23(13-4-1)31-34-32(24-14-5-2-6-15-24)36-33(35-31)25-16-11-17-26(22-25)37-29-20-9-7-18-27(29)28-19-8-10-21-30(28)37/h1-22,33H,(H,34,35,36). The highest BCUT2D eigenvalue weighted by Gasteiger charge is 2.21. The lowest BCUT2D eigenvalue weighted by Gasteiger charge is -2.24. The Morgan fingerprint density at radius 3 is 1.84 bits per heavy atom. The predicted molar refractivity (Wildman–Crippen MR) is 153 cm³/mol. The lowest BCUT2D eigenvalue weighted by molar-refractivity contribution is 0.674. The van der Waals surface area contributed by atoms with E-state index in [1.165, 1.54) is 21.8 Å². The quantitative estimate of drug-likeness (QED) is 0.285. The van der Waals surface area contributed by atoms with Gasteiger partial charge in [0.15, 0.2) is 5.84 Å². The van der Waals surface area contributed by atoms with Gasteiger partial charge in [-0.1, -0.05) is 109 Å². The molecule has 1 atom stereocenters. The van der Waals surface area contributed by atoms with E-state index in [0.29, 0.717) is 0 Å². The molecular formula is C33H24N4. The van der Waals surface area contributed by atoms with Crippen molar-refractivity contribution < 1.29 is 0 Å². The van der Waals surface area contributed by atoms with Gasteiger partial charge in [0, 0.05) is 27.6 Å². The molecule has 176 valence electrons. The number of aromatic nitrogens is 1. The van der Waals surface area contributed by atoms with E-state index in [1.54, 1.807) is 0 Å². The number of aliphatic imine (C=N–C) groups is 2. The normalized spacial score (nSPS) is 15.3. The van der Waals surface area contributed by atoms with Crippen LogP contribution in [0.2, 0.25) is 0 Å². The van der Waals surface area contributed by atoms with Crippen LogP contribution < -0.4 is 5.32 Å². The Kier molecular flexibility index (Phi) is 5.14. The Hall–Kier alpha value is -4.96. The van der Waals surface area contributed by atoms with Gasteiger partial charge in [-0.3, -0.25) is 0 Å². The molecule has 1 unspecified atom stereocenters. The first-order valence-corrected chi connectivity index (χ1v) is 12.5. The monoisotopic (exact) mass is 476 g/mol. The fourth-order valence-electron chi connectivity index (χ4n) is 5.11. The van der Waals surface area contributed by atoms with Gasteiger partial charge < -0.3 is 9.88 Å². The van der Waals surface area contributed by atoms with E-state index in [9.17, 15) is 0 Å². The minimum Gasteiger partial charge on any atom is -0.344 e. The molecule has 0 aliphatic carbocycles. The molecule has 0 amide bonds. The van der Waals surface area contributed by atoms with Crippen molar-refractivity contribution >= 4 is 33.5 Å². The van der Waals surface area contributed by atoms with E-state index < -0.39 is 0 Å². The summed E-state index contributed by atoms with van der Waals surface area (Å²) in [6, 6.07) is 46.2. The molecule has 6 aromatic rings. The molecule has 0 radical (unpaired) electrons. The van der Waals surface area contributed by atoms with Gasteiger partial charge >= 0.3 is 0 Å². The number of nitrogens with zero attached hydrogens (tertiary/aromatic N) is 3. The molecule has 0 saturated heterocycles. The van der Waals surface area contributed by atoms with Crippen LogP contribution in [0.15, 0.2) is 143 Å². The van der Waals surface area contributed by atoms with Gasteiger partial charge in [0.2, 0.25) is 0 Å². The summed E-state index contributed by atoms with van der Waals surface area (Å²) in [5.74, 6) is 1.55. The Morgan fingerprint density at radius 2 is 1.16 bits per heavy atom. The first-order chi connectivity index (χ1) is 18.3. The molecule has 37 heavy (non-hydrogen) atoms. The zero-order valence-electron chi connectivity index (χ0n) is 20.1. The van der Waals surface area contributed by atoms with Crippen LogP contribution in [0, 0.1) is 0 Å². The smallest absolute Gasteiger partial charge is 0.159 e. The maximum atomic E-state index is 5.05. The van der Waals surface area contributed by atoms with Crippen LogP contribution in [0.5, 0.6) is 0 Å². The number of benzene rings is 5. The highest BCUT2D eigenvalue weighted by atomic mass is 15.2. The van der Waals surface area contributed by atoms with E-state index in [-0.39, 0.29) is 6.17 Å². The number of rotatable bonds is 4. The lowest BCUT2D eigenvalue weighted by Crippen LogP contribution is -2.33. The van der Waals surface area contributed by atoms with Crippen LogP contribution in [0.3, 0.4) is 0 Å². The molecule has 5 aromatic carbocycles. The summed E-state index contributed by atoms with van der Waals surface area (Å²) >= 11 is 0. The maximum Gasteiger partial charge on any atom is 0.159 e. The van der Waals surface area contributed by atoms with Crippen molar-refractivity contribution in [2.75, 3.05) is 0 Å². The number of nitrogens with one attached hydrogen (secondary N) is 1. The van der Waals surface area contributed by atoms with Gasteiger partial charge in [-0.15, -0.1) is 0 Å². The summed E-state index contributed by atoms with van der Waals surface area (Å²) in [5.41, 5.74) is 6.61. The van der Waals surface area contributed by atoms with Crippen molar-refractivity contribution in [3.05, 3.63) is 150 Å². The van der Waals surface area contributed by atoms with Crippen molar-refractivity contribution in [1.29, 1.82) is 0 Å². The maximum absolute atomic E-state index is 5.05. The molecule has 0 spiro atoms. The number of para-hydroxylation sites is 2. The Bertz CT molecular complexity index is 1740. The molecule has 1 N–H and O–H groups in total. The first kappa shape index (κ1) is 21.3. The molecular weight excluding hydrogens is 452 g/mol. The van der Waals surface area contributed by atoms with Crippen molar-refractivity contribution in [2.45, 2.75) is 6.17 Å². The zero-order chi connectivity index (χ0) is 24.6. The average Bonchev–Trinajstić information content (AvgIpc) is 3.32. The lowest BCUT2D eigenvalue weighted by atomic mass is 10.1. The van der Waals surface area contributed by atoms with Crippen molar-refractivity contribution in [3.63, 3.8) is 0 Å². The van der Waals surface area contributed by atoms with Crippen LogP contribution in [0.25, 0.3) is 27.5 Å². The second kappa shape index (κ2) is 8.92. The van der Waals surface area contributed by atoms with E-state index in [1.807, 2.05) is 36.4 Å². The summed E-state index contributed by atoms with van der Waals surface area (Å²) in [7, 11) is 0. The minimum atomic E-state index is -0.268. The van der Waals surface area contributed by atoms with E-state index in [0.717, 1.165) is 34.0 Å². The second-order valence-electron chi connectivity index (χ2n) is 9.16. The Labute approximate surface area is 215 Å². The molecule has 0 fully saturated rings. The fourth-order valence-corrected chi connectivity index (χ4v) is 5.11. The molecule has 1 aliphatic heterocycles. The van der Waals surface area contributed by atoms with Crippen LogP contribution in [0.1, 0.15) is 22.9 Å². The van der Waals surface area contributed by atoms with Gasteiger partial charge in [-0.25, -0.2) is 9.98 Å². The summed E-state index contributed by atoms with van der Waals surface area (Å²) in [6.45, 7) is 0. The van der Waals surface area contributed by atoms with Crippen LogP contribution in [-0.2, 0) is 0 Å². The van der Waals surface area contributed by atoms with Gasteiger partial charge in [0.05, 0.1) is 11.0 Å². The highest BCUT2D eigenvalue weighted by molar-refractivity contribution is 6.13. The van der Waals surface area contributed by atoms with Gasteiger partial charge in [-0.2, -0.15) is 0 Å². The molecule has 1 aromatic heterocycles. The van der Waals surface area contributed by atoms with E-state index >= 15 is 0 Å². The Balaban J connectivity index is 1.37. The predicted octanol–water partition coefficient (Wildman–Crippen LogP) is 7.28. The Morgan fingerprint density at radius 1 is 0.568 bits per heavy atom. The highest BCUT2D eigenvalue weighted by Crippen LogP contribution is 2.33. The molecule has 2 heterocycles. The summed E-state index contributed by atoms with van der Waals surface area (Å²) < 4.78 is 2.34. The molecule has 4 nitrogen and oxygen atoms in total. The third-order valence-electron chi connectivity index (χ3n) is 6.85. The van der Waals surface area contributed by atoms with Gasteiger partial charge in [0.1, 0.15) is 12.0 Å². The SMILES string of the molecule is c1ccc(C2=NC(c3cccc(-n4c5ccccc5c5ccccc54)c3)NC(c3ccccc3)=N2)cc1. The molecule has 7 rings (SSSR count). The van der Waals surface area contributed by atoms with Gasteiger partial charge in [-0.05, 0) is 29.8 Å². The average molecular weight is 477 g/mol. The number of hydrogen-bond donors (Lipinski definition) is 1. The molecule has 4 heteroatoms. The first-order valence-electron chi connectivity index (χ1n) is 12.5. The molecule has 0 saturated carbocycles. The summed E-state index contributed by atoms with van der Waals surface area (Å²) in [4.78, 5) is 9.96. The van der Waals surface area contributed by atoms with Crippen LogP contribution in [-0.4, -0.2) is 16.2 Å². The fraction of sp³-hybridized carbons (Fsp3) is 0.0303. The topological polar surface area (TPSA) is 41.7 Å². The third-order valence-corrected chi connectivity index (χ3v) is 6.85. The van der Waals surface area contributed by atoms with Crippen LogP contribution in [0.4, 0.5) is 0 Å². The number of fused-ring (bicyclic) bond motifs is 3. The number of hydrogen-bond acceptors (Lipinski definition) is 3. The van der Waals surface area contributed by atoms with Gasteiger partial charge in [0.25, 0.3) is 0 Å². The van der Waals surface area contributed by atoms with Crippen molar-refractivity contribution in [1.82, 2.24) is 9.88 Å². The number of amidine groups is 2. The summed E-state index contributed by atoms with van der Waals surface area (Å²) in [5, 5.41) is 6.09. The third kappa shape index (κ3) is 3.80. The molecule has 1 aliphatic rings. The minimum absolute atomic E-state index is 0.268. The largest absolute Gasteiger partial charge is 0.344 e. The second-order valence-corrected chi connectivity index (χ2v) is 9.16. The zero-order valence-corrected chi connectivity index (χ0v) is 20.1. The van der Waals surface area contributed by atoms with Crippen molar-refractivity contribution in [3.8, 4) is 5.69 Å². The van der Waals surface area contributed by atoms with Crippen molar-refractivity contribution in [2.24, 2.45) is 9.98 Å². The van der Waals surface area contributed by atoms with E-state index in [2.05, 4.69) is 107 Å². The van der Waals surface area contributed by atoms with Crippen LogP contribution >= 0.6 is 0 Å². The van der Waals surface area contributed by atoms with E-state index in [4.69, 9.17) is 9.98 Å². The summed E-state index contributed by atoms with van der Waals surface area (Å²) in [6.07, 6.45) is -0.268.